The molecule has 3 nitrogen and oxygen atoms in total. The highest BCUT2D eigenvalue weighted by molar-refractivity contribution is 5.93. The van der Waals surface area contributed by atoms with Gasteiger partial charge in [0.25, 0.3) is 0 Å². The molecule has 0 aliphatic rings. The highest BCUT2D eigenvalue weighted by atomic mass is 19.1. The van der Waals surface area contributed by atoms with Crippen molar-refractivity contribution in [2.45, 2.75) is 26.8 Å². The van der Waals surface area contributed by atoms with Gasteiger partial charge in [-0.1, -0.05) is 43.3 Å². The number of carbonyl (C=O) groups excluding carboxylic acids is 1. The number of halogens is 1. The van der Waals surface area contributed by atoms with E-state index in [0.29, 0.717) is 12.1 Å². The molecule has 0 unspecified atom stereocenters. The van der Waals surface area contributed by atoms with E-state index >= 15 is 0 Å². The summed E-state index contributed by atoms with van der Waals surface area (Å²) in [5, 5.41) is 5.90. The summed E-state index contributed by atoms with van der Waals surface area (Å²) in [6.07, 6.45) is 0.861. The van der Waals surface area contributed by atoms with Crippen molar-refractivity contribution >= 4 is 11.6 Å². The van der Waals surface area contributed by atoms with E-state index < -0.39 is 0 Å². The summed E-state index contributed by atoms with van der Waals surface area (Å²) >= 11 is 0. The lowest BCUT2D eigenvalue weighted by Gasteiger charge is -2.13. The van der Waals surface area contributed by atoms with Crippen LogP contribution in [0.1, 0.15) is 23.6 Å². The maximum atomic E-state index is 13.5. The largest absolute Gasteiger partial charge is 0.324 e. The van der Waals surface area contributed by atoms with Gasteiger partial charge in [-0.15, -0.1) is 0 Å². The number of para-hydroxylation sites is 1. The molecule has 0 aliphatic heterocycles. The van der Waals surface area contributed by atoms with Gasteiger partial charge < -0.3 is 10.6 Å². The molecular weight excluding hydrogens is 279 g/mol. The summed E-state index contributed by atoms with van der Waals surface area (Å²) in [5.41, 5.74) is 3.59. The molecule has 0 heterocycles. The molecule has 0 saturated carbocycles. The van der Waals surface area contributed by atoms with Crippen LogP contribution in [0.5, 0.6) is 0 Å². The second kappa shape index (κ2) is 7.71. The summed E-state index contributed by atoms with van der Waals surface area (Å²) in [5.74, 6) is -0.386. The summed E-state index contributed by atoms with van der Waals surface area (Å²) in [6, 6.07) is 12.5. The zero-order valence-corrected chi connectivity index (χ0v) is 12.9. The Hall–Kier alpha value is -2.20. The first-order valence-corrected chi connectivity index (χ1v) is 7.44. The third kappa shape index (κ3) is 4.15. The topological polar surface area (TPSA) is 41.1 Å². The normalized spacial score (nSPS) is 10.5. The molecule has 2 N–H and O–H groups in total. The summed E-state index contributed by atoms with van der Waals surface area (Å²) in [4.78, 5) is 12.0. The predicted molar refractivity (Wildman–Crippen MR) is 87.3 cm³/mol. The average molecular weight is 300 g/mol. The molecule has 116 valence electrons. The van der Waals surface area contributed by atoms with Crippen LogP contribution in [0.15, 0.2) is 42.5 Å². The maximum Gasteiger partial charge on any atom is 0.238 e. The van der Waals surface area contributed by atoms with Crippen LogP contribution < -0.4 is 10.6 Å². The molecule has 2 rings (SSSR count). The minimum atomic E-state index is -0.261. The van der Waals surface area contributed by atoms with Crippen LogP contribution in [0.2, 0.25) is 0 Å². The predicted octanol–water partition coefficient (Wildman–Crippen LogP) is 3.42. The van der Waals surface area contributed by atoms with Crippen molar-refractivity contribution in [3.8, 4) is 0 Å². The van der Waals surface area contributed by atoms with Gasteiger partial charge in [0.1, 0.15) is 5.82 Å². The highest BCUT2D eigenvalue weighted by Gasteiger charge is 2.08. The standard InChI is InChI=1S/C18H21FN2O/c1-3-14-9-6-7-13(2)18(14)21-17(22)12-20-11-15-8-4-5-10-16(15)19/h4-10,20H,3,11-12H2,1-2H3,(H,21,22). The van der Waals surface area contributed by atoms with Crippen LogP contribution in [-0.4, -0.2) is 12.5 Å². The number of benzene rings is 2. The molecule has 0 aromatic heterocycles. The minimum absolute atomic E-state index is 0.125. The van der Waals surface area contributed by atoms with Crippen molar-refractivity contribution in [1.29, 1.82) is 0 Å². The maximum absolute atomic E-state index is 13.5. The van der Waals surface area contributed by atoms with Gasteiger partial charge in [0.15, 0.2) is 0 Å². The van der Waals surface area contributed by atoms with E-state index in [2.05, 4.69) is 17.6 Å². The first-order valence-electron chi connectivity index (χ1n) is 7.44. The fraction of sp³-hybridized carbons (Fsp3) is 0.278. The van der Waals surface area contributed by atoms with E-state index in [1.54, 1.807) is 18.2 Å². The van der Waals surface area contributed by atoms with Crippen molar-refractivity contribution in [1.82, 2.24) is 5.32 Å². The van der Waals surface area contributed by atoms with Gasteiger partial charge in [-0.05, 0) is 30.5 Å². The van der Waals surface area contributed by atoms with E-state index in [-0.39, 0.29) is 18.3 Å². The Balaban J connectivity index is 1.90. The molecule has 0 saturated heterocycles. The van der Waals surface area contributed by atoms with Crippen molar-refractivity contribution in [2.75, 3.05) is 11.9 Å². The molecular formula is C18H21FN2O. The van der Waals surface area contributed by atoms with Crippen LogP contribution in [0, 0.1) is 12.7 Å². The molecule has 2 aromatic rings. The first-order chi connectivity index (χ1) is 10.6. The fourth-order valence-corrected chi connectivity index (χ4v) is 2.34. The molecule has 0 spiro atoms. The van der Waals surface area contributed by atoms with Crippen molar-refractivity contribution in [3.63, 3.8) is 0 Å². The second-order valence-corrected chi connectivity index (χ2v) is 5.21. The van der Waals surface area contributed by atoms with Crippen molar-refractivity contribution < 1.29 is 9.18 Å². The number of hydrogen-bond donors (Lipinski definition) is 2. The molecule has 4 heteroatoms. The zero-order chi connectivity index (χ0) is 15.9. The lowest BCUT2D eigenvalue weighted by molar-refractivity contribution is -0.115. The quantitative estimate of drug-likeness (QED) is 0.858. The Morgan fingerprint density at radius 3 is 2.55 bits per heavy atom. The van der Waals surface area contributed by atoms with Gasteiger partial charge in [0.05, 0.1) is 6.54 Å². The summed E-state index contributed by atoms with van der Waals surface area (Å²) in [7, 11) is 0. The lowest BCUT2D eigenvalue weighted by Crippen LogP contribution is -2.28. The van der Waals surface area contributed by atoms with Gasteiger partial charge in [-0.3, -0.25) is 4.79 Å². The smallest absolute Gasteiger partial charge is 0.238 e. The van der Waals surface area contributed by atoms with Gasteiger partial charge in [-0.2, -0.15) is 0 Å². The van der Waals surface area contributed by atoms with E-state index in [9.17, 15) is 9.18 Å². The van der Waals surface area contributed by atoms with Crippen molar-refractivity contribution in [2.24, 2.45) is 0 Å². The zero-order valence-electron chi connectivity index (χ0n) is 12.9. The fourth-order valence-electron chi connectivity index (χ4n) is 2.34. The van der Waals surface area contributed by atoms with Crippen molar-refractivity contribution in [3.05, 3.63) is 65.0 Å². The molecule has 0 aliphatic carbocycles. The number of rotatable bonds is 6. The molecule has 0 bridgehead atoms. The Morgan fingerprint density at radius 2 is 1.82 bits per heavy atom. The van der Waals surface area contributed by atoms with E-state index in [0.717, 1.165) is 23.2 Å². The lowest BCUT2D eigenvalue weighted by atomic mass is 10.1. The van der Waals surface area contributed by atoms with Gasteiger partial charge in [0.2, 0.25) is 5.91 Å². The Labute approximate surface area is 130 Å². The van der Waals surface area contributed by atoms with Crippen LogP contribution >= 0.6 is 0 Å². The number of nitrogens with one attached hydrogen (secondary N) is 2. The molecule has 0 fully saturated rings. The minimum Gasteiger partial charge on any atom is -0.324 e. The number of hydrogen-bond acceptors (Lipinski definition) is 2. The van der Waals surface area contributed by atoms with Crippen LogP contribution in [0.3, 0.4) is 0 Å². The Kier molecular flexibility index (Phi) is 5.67. The highest BCUT2D eigenvalue weighted by Crippen LogP contribution is 2.20. The van der Waals surface area contributed by atoms with E-state index in [4.69, 9.17) is 0 Å². The van der Waals surface area contributed by atoms with Crippen LogP contribution in [0.4, 0.5) is 10.1 Å². The van der Waals surface area contributed by atoms with E-state index in [1.807, 2.05) is 25.1 Å². The van der Waals surface area contributed by atoms with Gasteiger partial charge in [-0.25, -0.2) is 4.39 Å². The Morgan fingerprint density at radius 1 is 1.09 bits per heavy atom. The summed E-state index contributed by atoms with van der Waals surface area (Å²) in [6.45, 7) is 4.50. The molecule has 0 radical (unpaired) electrons. The molecule has 2 aromatic carbocycles. The van der Waals surface area contributed by atoms with Crippen LogP contribution in [0.25, 0.3) is 0 Å². The number of amides is 1. The first kappa shape index (κ1) is 16.2. The third-order valence-corrected chi connectivity index (χ3v) is 3.56. The Bertz CT molecular complexity index is 655. The van der Waals surface area contributed by atoms with E-state index in [1.165, 1.54) is 6.07 Å². The number of carbonyl (C=O) groups is 1. The molecule has 0 atom stereocenters. The average Bonchev–Trinajstić information content (AvgIpc) is 2.51. The third-order valence-electron chi connectivity index (χ3n) is 3.56. The second-order valence-electron chi connectivity index (χ2n) is 5.21. The van der Waals surface area contributed by atoms with Crippen LogP contribution in [-0.2, 0) is 17.8 Å². The number of aryl methyl sites for hydroxylation is 2. The molecule has 22 heavy (non-hydrogen) atoms. The van der Waals surface area contributed by atoms with Gasteiger partial charge >= 0.3 is 0 Å². The monoisotopic (exact) mass is 300 g/mol. The number of anilines is 1. The SMILES string of the molecule is CCc1cccc(C)c1NC(=O)CNCc1ccccc1F. The molecule has 1 amide bonds. The van der Waals surface area contributed by atoms with Gasteiger partial charge in [0, 0.05) is 17.8 Å². The summed E-state index contributed by atoms with van der Waals surface area (Å²) < 4.78 is 13.5.